The highest BCUT2D eigenvalue weighted by atomic mass is 16.1. The van der Waals surface area contributed by atoms with Gasteiger partial charge in [0.25, 0.3) is 5.91 Å². The van der Waals surface area contributed by atoms with Crippen molar-refractivity contribution in [3.63, 3.8) is 0 Å². The van der Waals surface area contributed by atoms with Gasteiger partial charge in [0.1, 0.15) is 0 Å². The van der Waals surface area contributed by atoms with Crippen molar-refractivity contribution in [2.45, 2.75) is 31.8 Å². The van der Waals surface area contributed by atoms with E-state index in [0.717, 1.165) is 25.1 Å². The molecular weight excluding hydrogens is 252 g/mol. The summed E-state index contributed by atoms with van der Waals surface area (Å²) in [5.74, 6) is -0.0894. The zero-order valence-corrected chi connectivity index (χ0v) is 12.4. The van der Waals surface area contributed by atoms with Crippen LogP contribution in [0, 0.1) is 0 Å². The summed E-state index contributed by atoms with van der Waals surface area (Å²) < 4.78 is 0. The molecule has 1 aromatic rings. The normalized spacial score (nSPS) is 23.4. The number of nitrogens with zero attached hydrogens (tertiary/aromatic N) is 1. The van der Waals surface area contributed by atoms with E-state index in [4.69, 9.17) is 5.73 Å². The largest absolute Gasteiger partial charge is 0.399 e. The van der Waals surface area contributed by atoms with Gasteiger partial charge in [0.15, 0.2) is 0 Å². The fourth-order valence-electron chi connectivity index (χ4n) is 2.65. The van der Waals surface area contributed by atoms with Gasteiger partial charge in [-0.05, 0) is 45.0 Å². The number of hydrogen-bond acceptors (Lipinski definition) is 4. The average molecular weight is 276 g/mol. The van der Waals surface area contributed by atoms with Crippen LogP contribution in [-0.2, 0) is 0 Å². The molecule has 20 heavy (non-hydrogen) atoms. The fraction of sp³-hybridized carbons (Fsp3) is 0.533. The molecule has 2 rings (SSSR count). The molecule has 1 aromatic carbocycles. The van der Waals surface area contributed by atoms with Crippen LogP contribution in [0.25, 0.3) is 0 Å². The number of nitrogens with two attached hydrogens (primary N) is 1. The monoisotopic (exact) mass is 276 g/mol. The Hall–Kier alpha value is -1.75. The lowest BCUT2D eigenvalue weighted by Crippen LogP contribution is -2.42. The van der Waals surface area contributed by atoms with Crippen molar-refractivity contribution in [2.24, 2.45) is 0 Å². The summed E-state index contributed by atoms with van der Waals surface area (Å²) in [7, 11) is 3.79. The van der Waals surface area contributed by atoms with Gasteiger partial charge in [-0.1, -0.05) is 0 Å². The average Bonchev–Trinajstić information content (AvgIpc) is 2.42. The summed E-state index contributed by atoms with van der Waals surface area (Å²) in [6.07, 6.45) is 2.14. The van der Waals surface area contributed by atoms with E-state index in [9.17, 15) is 4.79 Å². The Labute approximate surface area is 120 Å². The molecule has 0 aliphatic carbocycles. The molecule has 1 fully saturated rings. The van der Waals surface area contributed by atoms with Gasteiger partial charge < -0.3 is 21.3 Å². The van der Waals surface area contributed by atoms with E-state index >= 15 is 0 Å². The number of hydrogen-bond donors (Lipinski definition) is 3. The van der Waals surface area contributed by atoms with Gasteiger partial charge in [-0.25, -0.2) is 0 Å². The molecule has 1 aliphatic rings. The highest BCUT2D eigenvalue weighted by molar-refractivity contribution is 6.00. The molecule has 1 aliphatic heterocycles. The van der Waals surface area contributed by atoms with Crippen molar-refractivity contribution in [3.8, 4) is 0 Å². The molecule has 0 radical (unpaired) electrons. The molecule has 5 heteroatoms. The van der Waals surface area contributed by atoms with Crippen LogP contribution in [0.2, 0.25) is 0 Å². The second kappa shape index (κ2) is 6.13. The lowest BCUT2D eigenvalue weighted by atomic mass is 9.98. The fourth-order valence-corrected chi connectivity index (χ4v) is 2.65. The molecule has 0 spiro atoms. The van der Waals surface area contributed by atoms with Crippen molar-refractivity contribution in [2.75, 3.05) is 31.7 Å². The van der Waals surface area contributed by atoms with Crippen molar-refractivity contribution in [1.82, 2.24) is 10.2 Å². The first-order valence-electron chi connectivity index (χ1n) is 7.09. The number of anilines is 2. The summed E-state index contributed by atoms with van der Waals surface area (Å²) in [6.45, 7) is 3.29. The van der Waals surface area contributed by atoms with Crippen LogP contribution in [-0.4, -0.2) is 43.5 Å². The topological polar surface area (TPSA) is 70.4 Å². The van der Waals surface area contributed by atoms with E-state index in [0.29, 0.717) is 23.3 Å². The van der Waals surface area contributed by atoms with E-state index in [1.807, 2.05) is 6.07 Å². The molecule has 5 nitrogen and oxygen atoms in total. The molecule has 1 saturated heterocycles. The van der Waals surface area contributed by atoms with E-state index in [-0.39, 0.29) is 5.91 Å². The van der Waals surface area contributed by atoms with Crippen LogP contribution in [0.3, 0.4) is 0 Å². The SMILES string of the molecule is CNC(=O)c1ccc(N)cc1NC1CCN(C)C(C)C1. The number of carbonyl (C=O) groups excluding carboxylic acids is 1. The molecule has 0 saturated carbocycles. The summed E-state index contributed by atoms with van der Waals surface area (Å²) in [4.78, 5) is 14.3. The first-order chi connectivity index (χ1) is 9.51. The maximum atomic E-state index is 11.9. The summed E-state index contributed by atoms with van der Waals surface area (Å²) >= 11 is 0. The Balaban J connectivity index is 2.16. The molecule has 1 heterocycles. The van der Waals surface area contributed by atoms with E-state index < -0.39 is 0 Å². The third-order valence-electron chi connectivity index (χ3n) is 4.08. The standard InChI is InChI=1S/C15H24N4O/c1-10-8-12(6-7-19(10)3)18-14-9-11(16)4-5-13(14)15(20)17-2/h4-5,9-10,12,18H,6-8,16H2,1-3H3,(H,17,20). The maximum absolute atomic E-state index is 11.9. The minimum absolute atomic E-state index is 0.0894. The molecule has 0 aromatic heterocycles. The van der Waals surface area contributed by atoms with Gasteiger partial charge >= 0.3 is 0 Å². The van der Waals surface area contributed by atoms with Gasteiger partial charge in [0, 0.05) is 37.1 Å². The first kappa shape index (κ1) is 14.7. The summed E-state index contributed by atoms with van der Waals surface area (Å²) in [6, 6.07) is 6.30. The number of nitrogens with one attached hydrogen (secondary N) is 2. The van der Waals surface area contributed by atoms with E-state index in [2.05, 4.69) is 29.5 Å². The molecule has 110 valence electrons. The molecule has 2 atom stereocenters. The minimum atomic E-state index is -0.0894. The highest BCUT2D eigenvalue weighted by Gasteiger charge is 2.23. The second-order valence-electron chi connectivity index (χ2n) is 5.58. The minimum Gasteiger partial charge on any atom is -0.399 e. The van der Waals surface area contributed by atoms with Crippen molar-refractivity contribution >= 4 is 17.3 Å². The highest BCUT2D eigenvalue weighted by Crippen LogP contribution is 2.24. The van der Waals surface area contributed by atoms with Gasteiger partial charge in [0.05, 0.1) is 5.56 Å². The maximum Gasteiger partial charge on any atom is 0.253 e. The Morgan fingerprint density at radius 2 is 2.20 bits per heavy atom. The van der Waals surface area contributed by atoms with Crippen LogP contribution >= 0.6 is 0 Å². The van der Waals surface area contributed by atoms with Gasteiger partial charge in [0.2, 0.25) is 0 Å². The molecule has 0 bridgehead atoms. The predicted molar refractivity (Wildman–Crippen MR) is 83.0 cm³/mol. The Kier molecular flexibility index (Phi) is 4.49. The van der Waals surface area contributed by atoms with Gasteiger partial charge in [-0.15, -0.1) is 0 Å². The van der Waals surface area contributed by atoms with Crippen LogP contribution < -0.4 is 16.4 Å². The van der Waals surface area contributed by atoms with Crippen LogP contribution in [0.4, 0.5) is 11.4 Å². The first-order valence-corrected chi connectivity index (χ1v) is 7.09. The van der Waals surface area contributed by atoms with Crippen LogP contribution in [0.5, 0.6) is 0 Å². The number of amides is 1. The third-order valence-corrected chi connectivity index (χ3v) is 4.08. The number of carbonyl (C=O) groups is 1. The molecule has 1 amide bonds. The van der Waals surface area contributed by atoms with Gasteiger partial charge in [-0.3, -0.25) is 4.79 Å². The number of piperidine rings is 1. The number of benzene rings is 1. The Bertz CT molecular complexity index is 489. The molecular formula is C15H24N4O. The summed E-state index contributed by atoms with van der Waals surface area (Å²) in [5, 5.41) is 6.16. The quantitative estimate of drug-likeness (QED) is 0.732. The van der Waals surface area contributed by atoms with E-state index in [1.165, 1.54) is 0 Å². The Morgan fingerprint density at radius 3 is 2.85 bits per heavy atom. The predicted octanol–water partition coefficient (Wildman–Crippen LogP) is 1.52. The van der Waals surface area contributed by atoms with Crippen LogP contribution in [0.15, 0.2) is 18.2 Å². The Morgan fingerprint density at radius 1 is 1.45 bits per heavy atom. The number of rotatable bonds is 3. The second-order valence-corrected chi connectivity index (χ2v) is 5.58. The summed E-state index contributed by atoms with van der Waals surface area (Å²) in [5.41, 5.74) is 7.98. The van der Waals surface area contributed by atoms with Crippen molar-refractivity contribution < 1.29 is 4.79 Å². The zero-order chi connectivity index (χ0) is 14.7. The zero-order valence-electron chi connectivity index (χ0n) is 12.4. The lowest BCUT2D eigenvalue weighted by Gasteiger charge is -2.36. The van der Waals surface area contributed by atoms with Gasteiger partial charge in [-0.2, -0.15) is 0 Å². The number of nitrogen functional groups attached to an aromatic ring is 1. The molecule has 4 N–H and O–H groups in total. The smallest absolute Gasteiger partial charge is 0.253 e. The lowest BCUT2D eigenvalue weighted by molar-refractivity contribution is 0.0964. The van der Waals surface area contributed by atoms with Crippen molar-refractivity contribution in [1.29, 1.82) is 0 Å². The molecule has 2 unspecified atom stereocenters. The van der Waals surface area contributed by atoms with Crippen LogP contribution in [0.1, 0.15) is 30.1 Å². The third kappa shape index (κ3) is 3.22. The number of likely N-dealkylation sites (tertiary alicyclic amines) is 1. The van der Waals surface area contributed by atoms with Crippen molar-refractivity contribution in [3.05, 3.63) is 23.8 Å². The van der Waals surface area contributed by atoms with E-state index in [1.54, 1.807) is 19.2 Å².